The smallest absolute Gasteiger partial charge is 0.433 e. The van der Waals surface area contributed by atoms with Crippen molar-refractivity contribution >= 4 is 5.97 Å². The van der Waals surface area contributed by atoms with Gasteiger partial charge in [-0.2, -0.15) is 13.2 Å². The van der Waals surface area contributed by atoms with Crippen molar-refractivity contribution in [2.75, 3.05) is 7.11 Å². The lowest BCUT2D eigenvalue weighted by Gasteiger charge is -2.12. The molecule has 2 aromatic rings. The molecule has 0 aliphatic heterocycles. The number of halogens is 3. The molecule has 0 saturated carbocycles. The molecule has 1 aromatic carbocycles. The third-order valence-electron chi connectivity index (χ3n) is 3.06. The van der Waals surface area contributed by atoms with Crippen LogP contribution < -0.4 is 5.69 Å². The maximum absolute atomic E-state index is 13.3. The molecule has 0 bridgehead atoms. The number of benzene rings is 1. The fraction of sp³-hybridized carbons (Fsp3) is 0.286. The molecule has 0 aliphatic carbocycles. The molecule has 0 atom stereocenters. The Hall–Kier alpha value is -2.51. The number of imidazole rings is 1. The molecule has 0 spiro atoms. The van der Waals surface area contributed by atoms with Crippen molar-refractivity contribution in [1.82, 2.24) is 9.55 Å². The highest BCUT2D eigenvalue weighted by Gasteiger charge is 2.39. The predicted octanol–water partition coefficient (Wildman–Crippen LogP) is 2.29. The van der Waals surface area contributed by atoms with E-state index in [0.29, 0.717) is 4.57 Å². The maximum atomic E-state index is 13.3. The lowest BCUT2D eigenvalue weighted by atomic mass is 10.2. The average Bonchev–Trinajstić information content (AvgIpc) is 2.82. The van der Waals surface area contributed by atoms with Gasteiger partial charge in [0.05, 0.1) is 19.2 Å². The van der Waals surface area contributed by atoms with E-state index < -0.39 is 23.5 Å². The number of aromatic nitrogens is 2. The van der Waals surface area contributed by atoms with Crippen LogP contribution in [0.3, 0.4) is 0 Å². The molecule has 1 N–H and O–H groups in total. The molecule has 0 unspecified atom stereocenters. The molecule has 0 aliphatic rings. The van der Waals surface area contributed by atoms with Crippen LogP contribution in [-0.2, 0) is 22.1 Å². The van der Waals surface area contributed by atoms with Crippen LogP contribution in [-0.4, -0.2) is 22.6 Å². The van der Waals surface area contributed by atoms with Gasteiger partial charge in [0.2, 0.25) is 0 Å². The van der Waals surface area contributed by atoms with E-state index >= 15 is 0 Å². The number of hydrogen-bond donors (Lipinski definition) is 1. The number of nitrogens with one attached hydrogen (secondary N) is 1. The minimum atomic E-state index is -4.74. The molecule has 0 fully saturated rings. The number of H-pyrrole nitrogens is 1. The van der Waals surface area contributed by atoms with Gasteiger partial charge in [0.25, 0.3) is 0 Å². The number of ether oxygens (including phenoxy) is 1. The van der Waals surface area contributed by atoms with E-state index in [2.05, 4.69) is 9.72 Å². The Morgan fingerprint density at radius 2 is 1.91 bits per heavy atom. The number of methoxy groups -OCH3 is 1. The van der Waals surface area contributed by atoms with Crippen molar-refractivity contribution in [2.45, 2.75) is 19.0 Å². The highest BCUT2D eigenvalue weighted by atomic mass is 19.4. The first-order chi connectivity index (χ1) is 10.3. The summed E-state index contributed by atoms with van der Waals surface area (Å²) in [6, 6.07) is 7.49. The Bertz CT molecular complexity index is 717. The highest BCUT2D eigenvalue weighted by Crippen LogP contribution is 2.32. The van der Waals surface area contributed by atoms with Crippen molar-refractivity contribution in [1.29, 1.82) is 0 Å². The van der Waals surface area contributed by atoms with Gasteiger partial charge >= 0.3 is 17.8 Å². The molecule has 118 valence electrons. The number of nitrogens with zero attached hydrogens (tertiary/aromatic N) is 1. The summed E-state index contributed by atoms with van der Waals surface area (Å²) in [7, 11) is 1.14. The number of para-hydroxylation sites is 1. The molecule has 5 nitrogen and oxygen atoms in total. The van der Waals surface area contributed by atoms with Crippen LogP contribution in [0.1, 0.15) is 17.8 Å². The number of carbonyl (C=O) groups is 1. The van der Waals surface area contributed by atoms with Gasteiger partial charge in [-0.1, -0.05) is 18.2 Å². The molecular weight excluding hydrogens is 301 g/mol. The molecular formula is C14H13F3N2O3. The third-order valence-corrected chi connectivity index (χ3v) is 3.06. The van der Waals surface area contributed by atoms with E-state index in [0.717, 1.165) is 7.11 Å². The summed E-state index contributed by atoms with van der Waals surface area (Å²) in [4.78, 5) is 25.2. The second-order valence-electron chi connectivity index (χ2n) is 4.50. The molecule has 2 rings (SSSR count). The van der Waals surface area contributed by atoms with E-state index in [4.69, 9.17) is 0 Å². The molecule has 0 amide bonds. The first-order valence-electron chi connectivity index (χ1n) is 6.38. The molecule has 1 heterocycles. The van der Waals surface area contributed by atoms with Gasteiger partial charge in [-0.25, -0.2) is 4.79 Å². The number of aromatic amines is 1. The quantitative estimate of drug-likeness (QED) is 0.881. The van der Waals surface area contributed by atoms with Gasteiger partial charge in [-0.15, -0.1) is 0 Å². The third kappa shape index (κ3) is 3.21. The first kappa shape index (κ1) is 15.9. The lowest BCUT2D eigenvalue weighted by Crippen LogP contribution is -2.21. The monoisotopic (exact) mass is 314 g/mol. The highest BCUT2D eigenvalue weighted by molar-refractivity contribution is 5.69. The van der Waals surface area contributed by atoms with Gasteiger partial charge in [0.1, 0.15) is 0 Å². The zero-order chi connectivity index (χ0) is 16.3. The van der Waals surface area contributed by atoms with E-state index in [-0.39, 0.29) is 24.2 Å². The van der Waals surface area contributed by atoms with Gasteiger partial charge in [-0.05, 0) is 12.1 Å². The van der Waals surface area contributed by atoms with Crippen LogP contribution in [0.4, 0.5) is 13.2 Å². The Morgan fingerprint density at radius 3 is 2.45 bits per heavy atom. The van der Waals surface area contributed by atoms with Crippen LogP contribution in [0.25, 0.3) is 5.69 Å². The number of esters is 1. The first-order valence-corrected chi connectivity index (χ1v) is 6.38. The largest absolute Gasteiger partial charge is 0.469 e. The standard InChI is InChI=1S/C14H13F3N2O3/c1-22-11(20)8-7-10-12(14(15,16)17)19(13(21)18-10)9-5-3-2-4-6-9/h2-6H,7-8H2,1H3,(H,18,21). The lowest BCUT2D eigenvalue weighted by molar-refractivity contribution is -0.144. The topological polar surface area (TPSA) is 64.1 Å². The minimum Gasteiger partial charge on any atom is -0.469 e. The van der Waals surface area contributed by atoms with Gasteiger partial charge in [0.15, 0.2) is 5.69 Å². The van der Waals surface area contributed by atoms with Crippen molar-refractivity contribution in [3.63, 3.8) is 0 Å². The summed E-state index contributed by atoms with van der Waals surface area (Å²) >= 11 is 0. The summed E-state index contributed by atoms with van der Waals surface area (Å²) in [5, 5.41) is 0. The van der Waals surface area contributed by atoms with Crippen molar-refractivity contribution in [3.05, 3.63) is 52.2 Å². The van der Waals surface area contributed by atoms with Gasteiger partial charge in [-0.3, -0.25) is 9.36 Å². The van der Waals surface area contributed by atoms with Crippen LogP contribution in [0.5, 0.6) is 0 Å². The van der Waals surface area contributed by atoms with E-state index in [1.54, 1.807) is 6.07 Å². The zero-order valence-corrected chi connectivity index (χ0v) is 11.6. The van der Waals surface area contributed by atoms with Crippen LogP contribution in [0.2, 0.25) is 0 Å². The van der Waals surface area contributed by atoms with Gasteiger partial charge < -0.3 is 9.72 Å². The molecule has 0 radical (unpaired) electrons. The maximum Gasteiger partial charge on any atom is 0.433 e. The van der Waals surface area contributed by atoms with Gasteiger partial charge in [0, 0.05) is 12.1 Å². The minimum absolute atomic E-state index is 0.0976. The Labute approximate surface area is 123 Å². The SMILES string of the molecule is COC(=O)CCc1[nH]c(=O)n(-c2ccccc2)c1C(F)(F)F. The number of rotatable bonds is 4. The van der Waals surface area contributed by atoms with E-state index in [1.807, 2.05) is 0 Å². The van der Waals surface area contributed by atoms with Crippen molar-refractivity contribution < 1.29 is 22.7 Å². The second kappa shape index (κ2) is 6.08. The van der Waals surface area contributed by atoms with Crippen LogP contribution >= 0.6 is 0 Å². The number of alkyl halides is 3. The summed E-state index contributed by atoms with van der Waals surface area (Å²) in [5.74, 6) is -0.651. The van der Waals surface area contributed by atoms with E-state index in [1.165, 1.54) is 24.3 Å². The molecule has 22 heavy (non-hydrogen) atoms. The Kier molecular flexibility index (Phi) is 4.39. The molecule has 8 heteroatoms. The molecule has 0 saturated heterocycles. The average molecular weight is 314 g/mol. The second-order valence-corrected chi connectivity index (χ2v) is 4.50. The number of aryl methyl sites for hydroxylation is 1. The number of carbonyl (C=O) groups excluding carboxylic acids is 1. The van der Waals surface area contributed by atoms with Crippen LogP contribution in [0, 0.1) is 0 Å². The molecule has 1 aromatic heterocycles. The summed E-state index contributed by atoms with van der Waals surface area (Å²) in [5.41, 5.74) is -2.25. The Morgan fingerprint density at radius 1 is 1.27 bits per heavy atom. The fourth-order valence-electron chi connectivity index (χ4n) is 2.11. The number of hydrogen-bond acceptors (Lipinski definition) is 3. The normalized spacial score (nSPS) is 11.5. The van der Waals surface area contributed by atoms with Crippen molar-refractivity contribution in [3.8, 4) is 5.69 Å². The predicted molar refractivity (Wildman–Crippen MR) is 71.7 cm³/mol. The summed E-state index contributed by atoms with van der Waals surface area (Å²) in [6.45, 7) is 0. The van der Waals surface area contributed by atoms with E-state index in [9.17, 15) is 22.8 Å². The summed E-state index contributed by atoms with van der Waals surface area (Å²) < 4.78 is 44.9. The fourth-order valence-corrected chi connectivity index (χ4v) is 2.11. The zero-order valence-electron chi connectivity index (χ0n) is 11.6. The van der Waals surface area contributed by atoms with Crippen LogP contribution in [0.15, 0.2) is 35.1 Å². The summed E-state index contributed by atoms with van der Waals surface area (Å²) in [6.07, 6.45) is -5.26. The van der Waals surface area contributed by atoms with Crippen molar-refractivity contribution in [2.24, 2.45) is 0 Å². The Balaban J connectivity index is 2.53.